The normalized spacial score (nSPS) is 26.4. The van der Waals surface area contributed by atoms with Gasteiger partial charge in [0, 0.05) is 35.6 Å². The first-order valence-electron chi connectivity index (χ1n) is 8.27. The lowest BCUT2D eigenvalue weighted by molar-refractivity contribution is -0.132. The van der Waals surface area contributed by atoms with Crippen LogP contribution in [0, 0.1) is 0 Å². The van der Waals surface area contributed by atoms with E-state index in [-0.39, 0.29) is 11.6 Å². The van der Waals surface area contributed by atoms with E-state index < -0.39 is 12.3 Å². The van der Waals surface area contributed by atoms with E-state index >= 15 is 0 Å². The van der Waals surface area contributed by atoms with Gasteiger partial charge in [-0.05, 0) is 44.9 Å². The van der Waals surface area contributed by atoms with Crippen molar-refractivity contribution in [2.75, 3.05) is 11.4 Å². The van der Waals surface area contributed by atoms with E-state index in [1.807, 2.05) is 0 Å². The number of hydrogen-bond donors (Lipinski definition) is 1. The van der Waals surface area contributed by atoms with Gasteiger partial charge in [0.2, 0.25) is 5.13 Å². The first kappa shape index (κ1) is 15.2. The molecular formula is C15H20F2N4OS. The molecule has 0 bridgehead atoms. The van der Waals surface area contributed by atoms with Gasteiger partial charge in [0.05, 0.1) is 0 Å². The van der Waals surface area contributed by atoms with Crippen molar-refractivity contribution in [2.24, 2.45) is 0 Å². The number of piperidine rings is 1. The third-order valence-electron chi connectivity index (χ3n) is 5.33. The van der Waals surface area contributed by atoms with Crippen LogP contribution in [-0.2, 0) is 4.79 Å². The molecule has 2 aliphatic carbocycles. The summed E-state index contributed by atoms with van der Waals surface area (Å²) in [6.07, 6.45) is 4.04. The quantitative estimate of drug-likeness (QED) is 0.914. The predicted molar refractivity (Wildman–Crippen MR) is 83.0 cm³/mol. The SMILES string of the molecule is O=C(NC1CCN(c2nc(C3CC3)ns2)C2(CCC2)C1)C(F)F. The Morgan fingerprint density at radius 3 is 2.74 bits per heavy atom. The average Bonchev–Trinajstić information content (AvgIpc) is 3.23. The number of anilines is 1. The number of carbonyl (C=O) groups excluding carboxylic acids is 1. The van der Waals surface area contributed by atoms with Crippen LogP contribution >= 0.6 is 11.5 Å². The van der Waals surface area contributed by atoms with E-state index in [9.17, 15) is 13.6 Å². The number of amides is 1. The Balaban J connectivity index is 1.47. The summed E-state index contributed by atoms with van der Waals surface area (Å²) in [5, 5.41) is 3.46. The minimum Gasteiger partial charge on any atom is -0.348 e. The maximum Gasteiger partial charge on any atom is 0.315 e. The molecule has 1 aliphatic heterocycles. The number of nitrogens with zero attached hydrogens (tertiary/aromatic N) is 3. The Bertz CT molecular complexity index is 600. The number of aromatic nitrogens is 2. The van der Waals surface area contributed by atoms with Crippen LogP contribution in [0.2, 0.25) is 0 Å². The number of rotatable bonds is 4. The summed E-state index contributed by atoms with van der Waals surface area (Å²) in [6, 6.07) is -0.163. The second kappa shape index (κ2) is 5.65. The zero-order valence-electron chi connectivity index (χ0n) is 12.8. The van der Waals surface area contributed by atoms with E-state index in [4.69, 9.17) is 4.98 Å². The Labute approximate surface area is 137 Å². The van der Waals surface area contributed by atoms with Crippen LogP contribution in [0.5, 0.6) is 0 Å². The summed E-state index contributed by atoms with van der Waals surface area (Å²) >= 11 is 1.45. The summed E-state index contributed by atoms with van der Waals surface area (Å²) in [4.78, 5) is 18.3. The average molecular weight is 342 g/mol. The molecule has 3 aliphatic rings. The van der Waals surface area contributed by atoms with Gasteiger partial charge in [-0.25, -0.2) is 4.98 Å². The van der Waals surface area contributed by atoms with E-state index in [0.717, 1.165) is 43.2 Å². The van der Waals surface area contributed by atoms with Gasteiger partial charge in [0.25, 0.3) is 5.91 Å². The second-order valence-corrected chi connectivity index (χ2v) is 7.67. The van der Waals surface area contributed by atoms with E-state index in [1.54, 1.807) is 0 Å². The lowest BCUT2D eigenvalue weighted by atomic mass is 9.69. The fourth-order valence-corrected chi connectivity index (χ4v) is 4.66. The van der Waals surface area contributed by atoms with Gasteiger partial charge in [0.15, 0.2) is 0 Å². The number of nitrogens with one attached hydrogen (secondary N) is 1. The molecule has 5 nitrogen and oxygen atoms in total. The minimum atomic E-state index is -2.94. The molecule has 0 radical (unpaired) electrons. The van der Waals surface area contributed by atoms with E-state index in [1.165, 1.54) is 24.4 Å². The van der Waals surface area contributed by atoms with Crippen LogP contribution in [0.1, 0.15) is 56.7 Å². The minimum absolute atomic E-state index is 0.0291. The summed E-state index contributed by atoms with van der Waals surface area (Å²) in [5.41, 5.74) is -0.0291. The second-order valence-electron chi connectivity index (χ2n) is 6.94. The van der Waals surface area contributed by atoms with Gasteiger partial charge in [-0.1, -0.05) is 0 Å². The Hall–Kier alpha value is -1.31. The Morgan fingerprint density at radius 1 is 1.35 bits per heavy atom. The van der Waals surface area contributed by atoms with Crippen LogP contribution in [0.15, 0.2) is 0 Å². The molecule has 2 heterocycles. The van der Waals surface area contributed by atoms with Crippen molar-refractivity contribution < 1.29 is 13.6 Å². The van der Waals surface area contributed by atoms with Crippen LogP contribution in [0.3, 0.4) is 0 Å². The summed E-state index contributed by atoms with van der Waals surface area (Å²) in [6.45, 7) is 0.744. The lowest BCUT2D eigenvalue weighted by Crippen LogP contribution is -2.62. The number of carbonyl (C=O) groups is 1. The number of hydrogen-bond acceptors (Lipinski definition) is 5. The van der Waals surface area contributed by atoms with Crippen LogP contribution in [0.4, 0.5) is 13.9 Å². The highest BCUT2D eigenvalue weighted by atomic mass is 32.1. The smallest absolute Gasteiger partial charge is 0.315 e. The van der Waals surface area contributed by atoms with E-state index in [2.05, 4.69) is 14.6 Å². The zero-order valence-corrected chi connectivity index (χ0v) is 13.6. The maximum absolute atomic E-state index is 12.5. The Kier molecular flexibility index (Phi) is 3.74. The maximum atomic E-state index is 12.5. The molecular weight excluding hydrogens is 322 g/mol. The molecule has 126 valence electrons. The first-order valence-corrected chi connectivity index (χ1v) is 9.04. The summed E-state index contributed by atoms with van der Waals surface area (Å²) < 4.78 is 29.4. The highest BCUT2D eigenvalue weighted by Crippen LogP contribution is 2.48. The monoisotopic (exact) mass is 342 g/mol. The van der Waals surface area contributed by atoms with Crippen LogP contribution in [0.25, 0.3) is 0 Å². The van der Waals surface area contributed by atoms with Crippen molar-refractivity contribution in [3.8, 4) is 0 Å². The third kappa shape index (κ3) is 2.81. The predicted octanol–water partition coefficient (Wildman–Crippen LogP) is 2.69. The largest absolute Gasteiger partial charge is 0.348 e. The summed E-state index contributed by atoms with van der Waals surface area (Å²) in [7, 11) is 0. The molecule has 0 aromatic carbocycles. The molecule has 3 fully saturated rings. The van der Waals surface area contributed by atoms with Crippen molar-refractivity contribution in [2.45, 2.75) is 68.9 Å². The topological polar surface area (TPSA) is 58.1 Å². The lowest BCUT2D eigenvalue weighted by Gasteiger charge is -2.55. The van der Waals surface area contributed by atoms with Gasteiger partial charge >= 0.3 is 6.43 Å². The fourth-order valence-electron chi connectivity index (χ4n) is 3.78. The Morgan fingerprint density at radius 2 is 2.13 bits per heavy atom. The molecule has 1 saturated heterocycles. The van der Waals surface area contributed by atoms with Crippen molar-refractivity contribution >= 4 is 22.6 Å². The van der Waals surface area contributed by atoms with Crippen LogP contribution < -0.4 is 10.2 Å². The van der Waals surface area contributed by atoms with Crippen molar-refractivity contribution in [1.82, 2.24) is 14.7 Å². The molecule has 23 heavy (non-hydrogen) atoms. The molecule has 1 aromatic rings. The highest BCUT2D eigenvalue weighted by molar-refractivity contribution is 7.09. The van der Waals surface area contributed by atoms with Crippen molar-refractivity contribution in [1.29, 1.82) is 0 Å². The van der Waals surface area contributed by atoms with Gasteiger partial charge in [-0.3, -0.25) is 4.79 Å². The molecule has 2 saturated carbocycles. The standard InChI is InChI=1S/C15H20F2N4OS/c16-11(17)13(22)18-10-4-7-21(15(8-10)5-1-6-15)14-19-12(20-23-14)9-2-3-9/h9-11H,1-8H2,(H,18,22). The fraction of sp³-hybridized carbons (Fsp3) is 0.800. The number of alkyl halides is 2. The molecule has 1 N–H and O–H groups in total. The van der Waals surface area contributed by atoms with E-state index in [0.29, 0.717) is 12.3 Å². The molecule has 4 rings (SSSR count). The highest BCUT2D eigenvalue weighted by Gasteiger charge is 2.48. The summed E-state index contributed by atoms with van der Waals surface area (Å²) in [5.74, 6) is 0.359. The molecule has 1 unspecified atom stereocenters. The molecule has 8 heteroatoms. The van der Waals surface area contributed by atoms with Gasteiger partial charge in [-0.2, -0.15) is 13.2 Å². The molecule has 1 spiro atoms. The first-order chi connectivity index (χ1) is 11.1. The molecule has 1 aromatic heterocycles. The zero-order chi connectivity index (χ0) is 16.0. The van der Waals surface area contributed by atoms with Crippen LogP contribution in [-0.4, -0.2) is 39.8 Å². The third-order valence-corrected chi connectivity index (χ3v) is 6.09. The number of halogens is 2. The van der Waals surface area contributed by atoms with Gasteiger partial charge in [0.1, 0.15) is 5.82 Å². The van der Waals surface area contributed by atoms with Crippen molar-refractivity contribution in [3.05, 3.63) is 5.82 Å². The van der Waals surface area contributed by atoms with Gasteiger partial charge < -0.3 is 10.2 Å². The molecule has 1 amide bonds. The molecule has 1 atom stereocenters. The van der Waals surface area contributed by atoms with Crippen molar-refractivity contribution in [3.63, 3.8) is 0 Å². The van der Waals surface area contributed by atoms with Gasteiger partial charge in [-0.15, -0.1) is 0 Å².